The van der Waals surface area contributed by atoms with Crippen molar-refractivity contribution in [2.24, 2.45) is 0 Å². The van der Waals surface area contributed by atoms with Gasteiger partial charge in [-0.2, -0.15) is 0 Å². The van der Waals surface area contributed by atoms with Crippen molar-refractivity contribution in [1.29, 1.82) is 0 Å². The van der Waals surface area contributed by atoms with Gasteiger partial charge in [0.25, 0.3) is 0 Å². The number of amides is 2. The van der Waals surface area contributed by atoms with Gasteiger partial charge < -0.3 is 20.4 Å². The molecule has 1 atom stereocenters. The van der Waals surface area contributed by atoms with E-state index in [0.29, 0.717) is 23.2 Å². The number of aryl methyl sites for hydroxylation is 1. The zero-order valence-electron chi connectivity index (χ0n) is 16.4. The summed E-state index contributed by atoms with van der Waals surface area (Å²) in [5.41, 5.74) is 1.89. The summed E-state index contributed by atoms with van der Waals surface area (Å²) in [6.45, 7) is 5.60. The van der Waals surface area contributed by atoms with Crippen LogP contribution in [-0.2, 0) is 0 Å². The fraction of sp³-hybridized carbons (Fsp3) is 0.273. The Bertz CT molecular complexity index is 1170. The topological polar surface area (TPSA) is 83.2 Å². The summed E-state index contributed by atoms with van der Waals surface area (Å²) in [7, 11) is 0. The van der Waals surface area contributed by atoms with Crippen molar-refractivity contribution in [1.82, 2.24) is 10.3 Å². The summed E-state index contributed by atoms with van der Waals surface area (Å²) >= 11 is 0. The number of aromatic amines is 1. The predicted molar refractivity (Wildman–Crippen MR) is 110 cm³/mol. The summed E-state index contributed by atoms with van der Waals surface area (Å²) < 4.78 is 20.0. The number of hydrogen-bond donors (Lipinski definition) is 3. The fourth-order valence-electron chi connectivity index (χ4n) is 3.77. The van der Waals surface area contributed by atoms with Crippen molar-refractivity contribution < 1.29 is 13.9 Å². The molecule has 0 saturated heterocycles. The van der Waals surface area contributed by atoms with E-state index in [1.807, 2.05) is 26.8 Å². The fourth-order valence-corrected chi connectivity index (χ4v) is 3.77. The molecule has 0 aliphatic carbocycles. The number of anilines is 1. The molecule has 0 fully saturated rings. The first-order valence-electron chi connectivity index (χ1n) is 9.41. The van der Waals surface area contributed by atoms with Gasteiger partial charge in [-0.05, 0) is 44.5 Å². The minimum Gasteiger partial charge on any atom is -0.484 e. The zero-order chi connectivity index (χ0) is 20.8. The number of rotatable bonds is 2. The molecule has 3 N–H and O–H groups in total. The summed E-state index contributed by atoms with van der Waals surface area (Å²) in [5.74, 6) is -0.274. The number of H-pyrrole nitrogens is 1. The number of urea groups is 1. The molecule has 6 nitrogen and oxygen atoms in total. The van der Waals surface area contributed by atoms with Gasteiger partial charge in [-0.1, -0.05) is 18.2 Å². The lowest BCUT2D eigenvalue weighted by atomic mass is 9.89. The average molecular weight is 395 g/mol. The van der Waals surface area contributed by atoms with E-state index in [0.717, 1.165) is 10.9 Å². The number of carbonyl (C=O) groups is 1. The molecule has 0 unspecified atom stereocenters. The van der Waals surface area contributed by atoms with Gasteiger partial charge in [0.05, 0.1) is 17.2 Å². The van der Waals surface area contributed by atoms with Crippen LogP contribution in [0.4, 0.5) is 14.9 Å². The maximum atomic E-state index is 14.2. The lowest BCUT2D eigenvalue weighted by Gasteiger charge is -2.38. The van der Waals surface area contributed by atoms with Crippen LogP contribution >= 0.6 is 0 Å². The molecule has 0 bridgehead atoms. The second-order valence-corrected chi connectivity index (χ2v) is 7.92. The number of halogens is 1. The van der Waals surface area contributed by atoms with E-state index in [9.17, 15) is 14.0 Å². The molecule has 0 radical (unpaired) electrons. The van der Waals surface area contributed by atoms with Crippen LogP contribution in [0.15, 0.2) is 47.3 Å². The van der Waals surface area contributed by atoms with Crippen LogP contribution in [-0.4, -0.2) is 16.6 Å². The Kier molecular flexibility index (Phi) is 4.53. The van der Waals surface area contributed by atoms with E-state index >= 15 is 0 Å². The van der Waals surface area contributed by atoms with Crippen LogP contribution in [0, 0.1) is 12.7 Å². The monoisotopic (exact) mass is 395 g/mol. The smallest absolute Gasteiger partial charge is 0.319 e. The standard InChI is InChI=1S/C22H22FN3O3/c1-12-7-9-16-13(8-10-18(27)24-16)19(12)26-21(28)25-17-11-22(2,3)29-20-14(17)5-4-6-15(20)23/h4-10,17H,11H2,1-3H3,(H,24,27)(H2,25,26,28)/t17-/m1/s1. The molecule has 0 saturated carbocycles. The van der Waals surface area contributed by atoms with E-state index < -0.39 is 23.5 Å². The first-order valence-corrected chi connectivity index (χ1v) is 9.41. The Labute approximate surface area is 167 Å². The number of aromatic nitrogens is 1. The Hall–Kier alpha value is -3.35. The van der Waals surface area contributed by atoms with E-state index in [2.05, 4.69) is 15.6 Å². The van der Waals surface area contributed by atoms with Gasteiger partial charge >= 0.3 is 6.03 Å². The number of carbonyl (C=O) groups excluding carboxylic acids is 1. The van der Waals surface area contributed by atoms with E-state index in [1.165, 1.54) is 12.1 Å². The normalized spacial score (nSPS) is 17.3. The largest absolute Gasteiger partial charge is 0.484 e. The summed E-state index contributed by atoms with van der Waals surface area (Å²) in [4.78, 5) is 27.1. The molecule has 1 aliphatic rings. The number of nitrogens with one attached hydrogen (secondary N) is 3. The van der Waals surface area contributed by atoms with Gasteiger partial charge in [0.15, 0.2) is 11.6 Å². The van der Waals surface area contributed by atoms with Crippen molar-refractivity contribution in [3.05, 3.63) is 69.8 Å². The third-order valence-corrected chi connectivity index (χ3v) is 5.10. The minimum absolute atomic E-state index is 0.174. The SMILES string of the molecule is Cc1ccc2[nH]c(=O)ccc2c1NC(=O)N[C@@H]1CC(C)(C)Oc2c(F)cccc21. The third-order valence-electron chi connectivity index (χ3n) is 5.10. The molecule has 3 aromatic rings. The number of pyridine rings is 1. The maximum absolute atomic E-state index is 14.2. The van der Waals surface area contributed by atoms with Gasteiger partial charge in [-0.3, -0.25) is 4.79 Å². The Morgan fingerprint density at radius 2 is 2.00 bits per heavy atom. The van der Waals surface area contributed by atoms with Gasteiger partial charge in [0, 0.05) is 23.4 Å². The summed E-state index contributed by atoms with van der Waals surface area (Å²) in [6, 6.07) is 10.6. The molecular weight excluding hydrogens is 373 g/mol. The predicted octanol–water partition coefficient (Wildman–Crippen LogP) is 4.40. The average Bonchev–Trinajstić information content (AvgIpc) is 2.64. The minimum atomic E-state index is -0.623. The lowest BCUT2D eigenvalue weighted by Crippen LogP contribution is -2.42. The zero-order valence-corrected chi connectivity index (χ0v) is 16.4. The van der Waals surface area contributed by atoms with Crippen LogP contribution in [0.1, 0.15) is 37.4 Å². The molecule has 1 aliphatic heterocycles. The molecule has 2 aromatic carbocycles. The highest BCUT2D eigenvalue weighted by Crippen LogP contribution is 2.41. The molecule has 150 valence electrons. The van der Waals surface area contributed by atoms with Crippen molar-refractivity contribution in [2.45, 2.75) is 38.8 Å². The van der Waals surface area contributed by atoms with Gasteiger partial charge in [-0.25, -0.2) is 9.18 Å². The van der Waals surface area contributed by atoms with Crippen molar-refractivity contribution in [2.75, 3.05) is 5.32 Å². The Morgan fingerprint density at radius 3 is 2.79 bits per heavy atom. The molecule has 4 rings (SSSR count). The number of benzene rings is 2. The highest BCUT2D eigenvalue weighted by atomic mass is 19.1. The van der Waals surface area contributed by atoms with Crippen LogP contribution in [0.5, 0.6) is 5.75 Å². The van der Waals surface area contributed by atoms with E-state index in [4.69, 9.17) is 4.74 Å². The second-order valence-electron chi connectivity index (χ2n) is 7.92. The van der Waals surface area contributed by atoms with Crippen LogP contribution in [0.3, 0.4) is 0 Å². The molecule has 2 heterocycles. The van der Waals surface area contributed by atoms with Gasteiger partial charge in [0.1, 0.15) is 5.60 Å². The molecule has 2 amide bonds. The molecular formula is C22H22FN3O3. The quantitative estimate of drug-likeness (QED) is 0.601. The number of ether oxygens (including phenoxy) is 1. The number of para-hydroxylation sites is 1. The van der Waals surface area contributed by atoms with Crippen molar-refractivity contribution >= 4 is 22.6 Å². The molecule has 7 heteroatoms. The molecule has 1 aromatic heterocycles. The first kappa shape index (κ1) is 19.0. The van der Waals surface area contributed by atoms with E-state index in [1.54, 1.807) is 24.3 Å². The van der Waals surface area contributed by atoms with Crippen LogP contribution < -0.4 is 20.9 Å². The molecule has 29 heavy (non-hydrogen) atoms. The maximum Gasteiger partial charge on any atom is 0.319 e. The van der Waals surface area contributed by atoms with Gasteiger partial charge in [0.2, 0.25) is 5.56 Å². The third kappa shape index (κ3) is 3.68. The van der Waals surface area contributed by atoms with Crippen LogP contribution in [0.25, 0.3) is 10.9 Å². The van der Waals surface area contributed by atoms with E-state index in [-0.39, 0.29) is 11.3 Å². The Morgan fingerprint density at radius 1 is 1.21 bits per heavy atom. The number of hydrogen-bond acceptors (Lipinski definition) is 3. The highest BCUT2D eigenvalue weighted by molar-refractivity contribution is 6.01. The summed E-state index contributed by atoms with van der Waals surface area (Å²) in [5, 5.41) is 6.56. The lowest BCUT2D eigenvalue weighted by molar-refractivity contribution is 0.0630. The molecule has 0 spiro atoms. The van der Waals surface area contributed by atoms with Crippen molar-refractivity contribution in [3.63, 3.8) is 0 Å². The van der Waals surface area contributed by atoms with Gasteiger partial charge in [-0.15, -0.1) is 0 Å². The first-order chi connectivity index (χ1) is 13.7. The van der Waals surface area contributed by atoms with Crippen LogP contribution in [0.2, 0.25) is 0 Å². The number of fused-ring (bicyclic) bond motifs is 2. The second kappa shape index (κ2) is 6.92. The Balaban J connectivity index is 1.63. The van der Waals surface area contributed by atoms with Crippen molar-refractivity contribution in [3.8, 4) is 5.75 Å². The summed E-state index contributed by atoms with van der Waals surface area (Å²) in [6.07, 6.45) is 0.499. The highest BCUT2D eigenvalue weighted by Gasteiger charge is 2.36.